The molecule has 0 fully saturated rings. The van der Waals surface area contributed by atoms with Crippen molar-refractivity contribution in [2.24, 2.45) is 0 Å². The molecule has 0 atom stereocenters. The van der Waals surface area contributed by atoms with Crippen molar-refractivity contribution in [1.82, 2.24) is 0 Å². The fourth-order valence-electron chi connectivity index (χ4n) is 5.25. The van der Waals surface area contributed by atoms with E-state index in [4.69, 9.17) is 4.18 Å². The second-order valence-electron chi connectivity index (χ2n) is 9.36. The average molecular weight is 544 g/mol. The lowest BCUT2D eigenvalue weighted by molar-refractivity contribution is 0.487. The number of hydrogen-bond acceptors (Lipinski definition) is 3. The molecule has 0 N–H and O–H groups in total. The highest BCUT2D eigenvalue weighted by Gasteiger charge is 2.29. The van der Waals surface area contributed by atoms with Crippen LogP contribution in [0, 0.1) is 0 Å². The van der Waals surface area contributed by atoms with Crippen LogP contribution in [0.2, 0.25) is 0 Å². The Hall–Kier alpha value is -4.32. The molecule has 5 heteroatoms. The third kappa shape index (κ3) is 4.20. The molecule has 188 valence electrons. The molecular weight excluding hydrogens is 521 g/mol. The first-order valence-corrected chi connectivity index (χ1v) is 15.3. The molecule has 7 rings (SSSR count). The van der Waals surface area contributed by atoms with Gasteiger partial charge >= 0.3 is 10.1 Å². The van der Waals surface area contributed by atoms with E-state index in [1.165, 1.54) is 9.79 Å². The smallest absolute Gasteiger partial charge is 0.339 e. The number of hydrogen-bond donors (Lipinski definition) is 0. The molecule has 7 aromatic rings. The maximum Gasteiger partial charge on any atom is 0.339 e. The molecule has 0 radical (unpaired) electrons. The number of benzene rings is 7. The Balaban J connectivity index is 1.26. The minimum atomic E-state index is -4.07. The second kappa shape index (κ2) is 9.45. The predicted octanol–water partition coefficient (Wildman–Crippen LogP) is 8.45. The van der Waals surface area contributed by atoms with Gasteiger partial charge in [-0.05, 0) is 81.5 Å². The Morgan fingerprint density at radius 1 is 0.462 bits per heavy atom. The van der Waals surface area contributed by atoms with Gasteiger partial charge in [0.15, 0.2) is 14.7 Å². The summed E-state index contributed by atoms with van der Waals surface area (Å²) in [4.78, 5) is 3.64. The van der Waals surface area contributed by atoms with E-state index in [0.717, 1.165) is 31.8 Å². The zero-order chi connectivity index (χ0) is 26.4. The van der Waals surface area contributed by atoms with Crippen LogP contribution in [0.5, 0.6) is 5.75 Å². The summed E-state index contributed by atoms with van der Waals surface area (Å²) >= 11 is 0. The van der Waals surface area contributed by atoms with Crippen molar-refractivity contribution in [3.63, 3.8) is 0 Å². The Morgan fingerprint density at radius 2 is 0.974 bits per heavy atom. The molecule has 7 aromatic carbocycles. The van der Waals surface area contributed by atoms with Crippen LogP contribution >= 0.6 is 0 Å². The van der Waals surface area contributed by atoms with Gasteiger partial charge in [0.2, 0.25) is 0 Å². The molecule has 0 amide bonds. The molecule has 0 bridgehead atoms. The van der Waals surface area contributed by atoms with Crippen molar-refractivity contribution in [2.75, 3.05) is 0 Å². The van der Waals surface area contributed by atoms with Crippen LogP contribution in [0.3, 0.4) is 0 Å². The van der Waals surface area contributed by atoms with Crippen molar-refractivity contribution in [1.29, 1.82) is 0 Å². The van der Waals surface area contributed by atoms with Crippen molar-refractivity contribution in [3.8, 4) is 5.75 Å². The third-order valence-corrected chi connectivity index (χ3v) is 10.5. The Bertz CT molecular complexity index is 1980. The minimum absolute atomic E-state index is 0.172. The Kier molecular flexibility index (Phi) is 5.76. The van der Waals surface area contributed by atoms with Gasteiger partial charge < -0.3 is 4.18 Å². The van der Waals surface area contributed by atoms with Gasteiger partial charge in [0.05, 0.1) is 10.9 Å². The summed E-state index contributed by atoms with van der Waals surface area (Å²) in [6.07, 6.45) is 0. The van der Waals surface area contributed by atoms with E-state index in [1.807, 2.05) is 78.9 Å². The first-order valence-electron chi connectivity index (χ1n) is 12.6. The van der Waals surface area contributed by atoms with E-state index in [1.54, 1.807) is 18.2 Å². The summed E-state index contributed by atoms with van der Waals surface area (Å²) in [6, 6.07) is 45.7. The van der Waals surface area contributed by atoms with E-state index < -0.39 is 10.1 Å². The van der Waals surface area contributed by atoms with Gasteiger partial charge in [-0.2, -0.15) is 8.42 Å². The van der Waals surface area contributed by atoms with Crippen molar-refractivity contribution in [2.45, 2.75) is 19.6 Å². The fourth-order valence-corrected chi connectivity index (χ4v) is 8.46. The molecular formula is C34H23O3S2+. The maximum absolute atomic E-state index is 13.6. The molecule has 0 aliphatic carbocycles. The van der Waals surface area contributed by atoms with Gasteiger partial charge in [-0.3, -0.25) is 0 Å². The third-order valence-electron chi connectivity index (χ3n) is 6.98. The van der Waals surface area contributed by atoms with Crippen LogP contribution < -0.4 is 4.18 Å². The molecule has 0 spiro atoms. The molecule has 3 nitrogen and oxygen atoms in total. The summed E-state index contributed by atoms with van der Waals surface area (Å²) in [5.74, 6) is 0.286. The van der Waals surface area contributed by atoms with Crippen LogP contribution in [0.25, 0.3) is 32.3 Å². The molecule has 0 saturated heterocycles. The summed E-state index contributed by atoms with van der Waals surface area (Å²) in [5.41, 5.74) is 0. The predicted molar refractivity (Wildman–Crippen MR) is 159 cm³/mol. The van der Waals surface area contributed by atoms with Crippen LogP contribution in [0.4, 0.5) is 0 Å². The average Bonchev–Trinajstić information content (AvgIpc) is 2.98. The zero-order valence-corrected chi connectivity index (χ0v) is 22.5. The highest BCUT2D eigenvalue weighted by molar-refractivity contribution is 7.97. The summed E-state index contributed by atoms with van der Waals surface area (Å²) in [7, 11) is -4.40. The van der Waals surface area contributed by atoms with Crippen LogP contribution in [-0.2, 0) is 21.0 Å². The SMILES string of the molecule is O=S(=O)(Oc1ccc([S+](c2ccccc2)c2ccccc2)cc1)c1ccc2ccc3cccc4ccc1c2c34. The largest absolute Gasteiger partial charge is 0.379 e. The minimum Gasteiger partial charge on any atom is -0.379 e. The van der Waals surface area contributed by atoms with Gasteiger partial charge in [-0.25, -0.2) is 0 Å². The highest BCUT2D eigenvalue weighted by Crippen LogP contribution is 2.38. The Labute approximate surface area is 230 Å². The van der Waals surface area contributed by atoms with Gasteiger partial charge in [0, 0.05) is 5.39 Å². The highest BCUT2D eigenvalue weighted by atomic mass is 32.2. The lowest BCUT2D eigenvalue weighted by Gasteiger charge is -2.14. The summed E-state index contributed by atoms with van der Waals surface area (Å²) in [6.45, 7) is 0. The second-order valence-corrected chi connectivity index (χ2v) is 12.9. The van der Waals surface area contributed by atoms with Gasteiger partial charge in [-0.15, -0.1) is 0 Å². The molecule has 0 unspecified atom stereocenters. The van der Waals surface area contributed by atoms with Gasteiger partial charge in [-0.1, -0.05) is 84.9 Å². The van der Waals surface area contributed by atoms with Crippen LogP contribution in [-0.4, -0.2) is 8.42 Å². The fraction of sp³-hybridized carbons (Fsp3) is 0. The van der Waals surface area contributed by atoms with E-state index in [2.05, 4.69) is 42.5 Å². The maximum atomic E-state index is 13.6. The Morgan fingerprint density at radius 3 is 1.59 bits per heavy atom. The van der Waals surface area contributed by atoms with Gasteiger partial charge in [0.1, 0.15) is 10.6 Å². The summed E-state index contributed by atoms with van der Waals surface area (Å²) < 4.78 is 32.9. The van der Waals surface area contributed by atoms with Crippen molar-refractivity contribution in [3.05, 3.63) is 140 Å². The van der Waals surface area contributed by atoms with E-state index in [0.29, 0.717) is 5.39 Å². The van der Waals surface area contributed by atoms with Crippen molar-refractivity contribution >= 4 is 53.3 Å². The van der Waals surface area contributed by atoms with E-state index >= 15 is 0 Å². The van der Waals surface area contributed by atoms with Crippen LogP contribution in [0.1, 0.15) is 0 Å². The molecule has 0 saturated carbocycles. The first-order chi connectivity index (χ1) is 19.1. The molecule has 0 aromatic heterocycles. The zero-order valence-electron chi connectivity index (χ0n) is 20.8. The standard InChI is InChI=1S/C34H23O3S2/c35-39(36,32-23-17-26-15-14-24-8-7-9-25-16-22-31(32)34(26)33(24)25)37-27-18-20-30(21-19-27)38(28-10-3-1-4-11-28)29-12-5-2-6-13-29/h1-23H/q+1. The molecule has 0 aliphatic rings. The topological polar surface area (TPSA) is 43.4 Å². The van der Waals surface area contributed by atoms with E-state index in [-0.39, 0.29) is 21.5 Å². The van der Waals surface area contributed by atoms with Gasteiger partial charge in [0.25, 0.3) is 0 Å². The lowest BCUT2D eigenvalue weighted by Crippen LogP contribution is -2.11. The summed E-state index contributed by atoms with van der Waals surface area (Å²) in [5, 5.41) is 5.87. The number of rotatable bonds is 6. The normalized spacial score (nSPS) is 12.0. The molecule has 39 heavy (non-hydrogen) atoms. The van der Waals surface area contributed by atoms with Crippen molar-refractivity contribution < 1.29 is 12.6 Å². The monoisotopic (exact) mass is 543 g/mol. The van der Waals surface area contributed by atoms with Crippen LogP contribution in [0.15, 0.2) is 159 Å². The van der Waals surface area contributed by atoms with E-state index in [9.17, 15) is 8.42 Å². The molecule has 0 aliphatic heterocycles. The molecule has 0 heterocycles. The first kappa shape index (κ1) is 23.8. The lowest BCUT2D eigenvalue weighted by atomic mass is 9.94. The quantitative estimate of drug-likeness (QED) is 0.120.